The molecule has 0 saturated heterocycles. The fourth-order valence-corrected chi connectivity index (χ4v) is 4.07. The fraction of sp³-hybridized carbons (Fsp3) is 0.500. The van der Waals surface area contributed by atoms with Crippen LogP contribution in [0.3, 0.4) is 0 Å². The second kappa shape index (κ2) is 6.44. The number of hydrogen-bond acceptors (Lipinski definition) is 5. The zero-order valence-corrected chi connectivity index (χ0v) is 12.7. The zero-order valence-electron chi connectivity index (χ0n) is 11.9. The van der Waals surface area contributed by atoms with Crippen molar-refractivity contribution in [2.75, 3.05) is 7.05 Å². The Balaban J connectivity index is 2.05. The summed E-state index contributed by atoms with van der Waals surface area (Å²) < 4.78 is 0. The van der Waals surface area contributed by atoms with Gasteiger partial charge in [0.2, 0.25) is 5.91 Å². The molecule has 1 fully saturated rings. The standard InChI is InChI=1S/C14H19N3O3S/c1-16-14(13(15)18)8-2-3-12(9-14)21-11-6-4-10(5-7-11)17(19)20/h4-7,12,16H,2-3,8-9H2,1H3,(H2,15,18). The van der Waals surface area contributed by atoms with Crippen LogP contribution in [0.25, 0.3) is 0 Å². The van der Waals surface area contributed by atoms with Gasteiger partial charge in [-0.3, -0.25) is 14.9 Å². The van der Waals surface area contributed by atoms with Gasteiger partial charge in [-0.1, -0.05) is 0 Å². The Morgan fingerprint density at radius 3 is 2.67 bits per heavy atom. The highest BCUT2D eigenvalue weighted by molar-refractivity contribution is 8.00. The number of rotatable bonds is 5. The number of non-ortho nitro benzene ring substituents is 1. The maximum Gasteiger partial charge on any atom is 0.269 e. The predicted molar refractivity (Wildman–Crippen MR) is 82.2 cm³/mol. The van der Waals surface area contributed by atoms with Crippen molar-refractivity contribution < 1.29 is 9.72 Å². The molecule has 1 aromatic rings. The molecule has 0 bridgehead atoms. The molecular weight excluding hydrogens is 290 g/mol. The molecule has 114 valence electrons. The third-order valence-corrected chi connectivity index (χ3v) is 5.29. The van der Waals surface area contributed by atoms with Gasteiger partial charge in [0.15, 0.2) is 0 Å². The summed E-state index contributed by atoms with van der Waals surface area (Å²) in [5.41, 5.74) is 5.00. The molecule has 0 heterocycles. The van der Waals surface area contributed by atoms with Crippen LogP contribution in [-0.4, -0.2) is 28.7 Å². The lowest BCUT2D eigenvalue weighted by Crippen LogP contribution is -2.57. The number of primary amides is 1. The number of amides is 1. The minimum absolute atomic E-state index is 0.0877. The second-order valence-corrected chi connectivity index (χ2v) is 6.66. The summed E-state index contributed by atoms with van der Waals surface area (Å²) in [5.74, 6) is -0.306. The molecule has 1 saturated carbocycles. The summed E-state index contributed by atoms with van der Waals surface area (Å²) in [5, 5.41) is 14.0. The number of nitro benzene ring substituents is 1. The van der Waals surface area contributed by atoms with Gasteiger partial charge in [-0.25, -0.2) is 0 Å². The molecule has 7 heteroatoms. The van der Waals surface area contributed by atoms with Gasteiger partial charge < -0.3 is 11.1 Å². The van der Waals surface area contributed by atoms with Crippen LogP contribution in [0.15, 0.2) is 29.2 Å². The van der Waals surface area contributed by atoms with Crippen molar-refractivity contribution in [3.63, 3.8) is 0 Å². The number of thioether (sulfide) groups is 1. The third-order valence-electron chi connectivity index (χ3n) is 4.01. The lowest BCUT2D eigenvalue weighted by atomic mass is 9.81. The van der Waals surface area contributed by atoms with Gasteiger partial charge in [0.25, 0.3) is 5.69 Å². The van der Waals surface area contributed by atoms with Crippen molar-refractivity contribution >= 4 is 23.4 Å². The normalized spacial score (nSPS) is 25.5. The summed E-state index contributed by atoms with van der Waals surface area (Å²) in [6.07, 6.45) is 3.39. The first-order chi connectivity index (χ1) is 9.97. The molecule has 21 heavy (non-hydrogen) atoms. The summed E-state index contributed by atoms with van der Waals surface area (Å²) >= 11 is 1.65. The molecular formula is C14H19N3O3S. The topological polar surface area (TPSA) is 98.3 Å². The van der Waals surface area contributed by atoms with Gasteiger partial charge in [-0.15, -0.1) is 11.8 Å². The van der Waals surface area contributed by atoms with Crippen LogP contribution in [0.1, 0.15) is 25.7 Å². The highest BCUT2D eigenvalue weighted by Crippen LogP contribution is 2.38. The van der Waals surface area contributed by atoms with Gasteiger partial charge >= 0.3 is 0 Å². The maximum atomic E-state index is 11.7. The van der Waals surface area contributed by atoms with Crippen molar-refractivity contribution in [2.24, 2.45) is 5.73 Å². The van der Waals surface area contributed by atoms with E-state index in [9.17, 15) is 14.9 Å². The van der Waals surface area contributed by atoms with Crippen LogP contribution in [0.4, 0.5) is 5.69 Å². The Morgan fingerprint density at radius 1 is 1.48 bits per heavy atom. The second-order valence-electron chi connectivity index (χ2n) is 5.28. The first kappa shape index (κ1) is 15.8. The third kappa shape index (κ3) is 3.54. The van der Waals surface area contributed by atoms with Gasteiger partial charge in [-0.2, -0.15) is 0 Å². The Morgan fingerprint density at radius 2 is 2.14 bits per heavy atom. The minimum Gasteiger partial charge on any atom is -0.368 e. The first-order valence-electron chi connectivity index (χ1n) is 6.87. The molecule has 0 aliphatic heterocycles. The van der Waals surface area contributed by atoms with Crippen molar-refractivity contribution in [3.05, 3.63) is 34.4 Å². The largest absolute Gasteiger partial charge is 0.368 e. The summed E-state index contributed by atoms with van der Waals surface area (Å²) in [4.78, 5) is 22.9. The zero-order chi connectivity index (χ0) is 15.5. The number of benzene rings is 1. The van der Waals surface area contributed by atoms with Crippen LogP contribution in [-0.2, 0) is 4.79 Å². The van der Waals surface area contributed by atoms with E-state index < -0.39 is 10.5 Å². The van der Waals surface area contributed by atoms with Crippen molar-refractivity contribution in [2.45, 2.75) is 41.4 Å². The number of carbonyl (C=O) groups is 1. The molecule has 0 spiro atoms. The highest BCUT2D eigenvalue weighted by Gasteiger charge is 2.40. The molecule has 0 aromatic heterocycles. The van der Waals surface area contributed by atoms with Crippen LogP contribution < -0.4 is 11.1 Å². The quantitative estimate of drug-likeness (QED) is 0.641. The molecule has 1 aliphatic rings. The summed E-state index contributed by atoms with van der Waals surface area (Å²) in [6.45, 7) is 0. The van der Waals surface area contributed by atoms with E-state index in [2.05, 4.69) is 5.32 Å². The number of nitrogens with zero attached hydrogens (tertiary/aromatic N) is 1. The summed E-state index contributed by atoms with van der Waals surface area (Å²) in [7, 11) is 1.77. The maximum absolute atomic E-state index is 11.7. The van der Waals surface area contributed by atoms with Crippen LogP contribution in [0, 0.1) is 10.1 Å². The Kier molecular flexibility index (Phi) is 4.84. The number of nitrogens with two attached hydrogens (primary N) is 1. The van der Waals surface area contributed by atoms with Gasteiger partial charge in [0, 0.05) is 22.3 Å². The summed E-state index contributed by atoms with van der Waals surface area (Å²) in [6, 6.07) is 6.51. The smallest absolute Gasteiger partial charge is 0.269 e. The van der Waals surface area contributed by atoms with Crippen LogP contribution in [0.5, 0.6) is 0 Å². The van der Waals surface area contributed by atoms with E-state index in [1.807, 2.05) is 0 Å². The SMILES string of the molecule is CNC1(C(N)=O)CCCC(Sc2ccc([N+](=O)[O-])cc2)C1. The monoisotopic (exact) mass is 309 g/mol. The van der Waals surface area contributed by atoms with Crippen molar-refractivity contribution in [1.29, 1.82) is 0 Å². The lowest BCUT2D eigenvalue weighted by molar-refractivity contribution is -0.384. The number of nitro groups is 1. The molecule has 2 unspecified atom stereocenters. The Bertz CT molecular complexity index is 535. The van der Waals surface area contributed by atoms with Gasteiger partial charge in [0.05, 0.1) is 10.5 Å². The molecule has 1 amide bonds. The highest BCUT2D eigenvalue weighted by atomic mass is 32.2. The van der Waals surface area contributed by atoms with Gasteiger partial charge in [-0.05, 0) is 44.9 Å². The van der Waals surface area contributed by atoms with E-state index in [0.29, 0.717) is 6.42 Å². The average molecular weight is 309 g/mol. The molecule has 1 aliphatic carbocycles. The Hall–Kier alpha value is -1.60. The number of hydrogen-bond donors (Lipinski definition) is 2. The van der Waals surface area contributed by atoms with E-state index >= 15 is 0 Å². The minimum atomic E-state index is -0.628. The van der Waals surface area contributed by atoms with E-state index in [4.69, 9.17) is 5.73 Å². The van der Waals surface area contributed by atoms with Gasteiger partial charge in [0.1, 0.15) is 0 Å². The van der Waals surface area contributed by atoms with Crippen molar-refractivity contribution in [1.82, 2.24) is 5.32 Å². The molecule has 2 rings (SSSR count). The van der Waals surface area contributed by atoms with Crippen LogP contribution >= 0.6 is 11.8 Å². The molecule has 2 atom stereocenters. The lowest BCUT2D eigenvalue weighted by Gasteiger charge is -2.38. The van der Waals surface area contributed by atoms with E-state index in [1.54, 1.807) is 30.9 Å². The first-order valence-corrected chi connectivity index (χ1v) is 7.75. The molecule has 0 radical (unpaired) electrons. The van der Waals surface area contributed by atoms with E-state index in [-0.39, 0.29) is 16.8 Å². The number of carbonyl (C=O) groups excluding carboxylic acids is 1. The number of nitrogens with one attached hydrogen (secondary N) is 1. The molecule has 3 N–H and O–H groups in total. The van der Waals surface area contributed by atoms with E-state index in [0.717, 1.165) is 24.2 Å². The fourth-order valence-electron chi connectivity index (χ4n) is 2.74. The number of likely N-dealkylation sites (N-methyl/N-ethyl adjacent to an activating group) is 1. The molecule has 6 nitrogen and oxygen atoms in total. The molecule has 1 aromatic carbocycles. The average Bonchev–Trinajstić information content (AvgIpc) is 2.47. The van der Waals surface area contributed by atoms with Crippen LogP contribution in [0.2, 0.25) is 0 Å². The van der Waals surface area contributed by atoms with Crippen molar-refractivity contribution in [3.8, 4) is 0 Å². The van der Waals surface area contributed by atoms with E-state index in [1.165, 1.54) is 12.1 Å². The Labute approximate surface area is 127 Å². The predicted octanol–water partition coefficient (Wildman–Crippen LogP) is 2.07.